The Morgan fingerprint density at radius 3 is 2.77 bits per heavy atom. The number of aliphatic hydroxyl groups is 1. The molecule has 4 aliphatic rings. The van der Waals surface area contributed by atoms with E-state index in [0.717, 1.165) is 25.3 Å². The second kappa shape index (κ2) is 7.60. The molecule has 2 aromatic heterocycles. The standard InChI is InChI=1S/C25H28ClN5O4/c1-24(2)34-18-16(10-32)33-22(19(18)35-24)31-13-27-17-20(28-23(26)29-21(17)31)30-11-25(12-30)9-5-7-14-6-3-4-8-15(14)25/h3-4,6,8,13,16,18-19,22,32H,5,7,9-12H2,1-2H3/t16-,18?,19+,22-/m1/s1. The van der Waals surface area contributed by atoms with Crippen molar-refractivity contribution in [3.8, 4) is 0 Å². The highest BCUT2D eigenvalue weighted by molar-refractivity contribution is 6.28. The zero-order valence-electron chi connectivity index (χ0n) is 19.7. The number of aromatic nitrogens is 4. The Bertz CT molecular complexity index is 1310. The highest BCUT2D eigenvalue weighted by atomic mass is 35.5. The molecule has 1 aromatic carbocycles. The van der Waals surface area contributed by atoms with E-state index >= 15 is 0 Å². The lowest BCUT2D eigenvalue weighted by Gasteiger charge is -2.53. The van der Waals surface area contributed by atoms with E-state index in [1.54, 1.807) is 6.33 Å². The average Bonchev–Trinajstić information content (AvgIpc) is 3.46. The maximum absolute atomic E-state index is 9.86. The quantitative estimate of drug-likeness (QED) is 0.552. The lowest BCUT2D eigenvalue weighted by Crippen LogP contribution is -2.61. The van der Waals surface area contributed by atoms with E-state index in [2.05, 4.69) is 44.1 Å². The molecule has 0 saturated carbocycles. The number of hydrogen-bond acceptors (Lipinski definition) is 8. The van der Waals surface area contributed by atoms with Crippen molar-refractivity contribution in [3.05, 3.63) is 47.0 Å². The van der Waals surface area contributed by atoms with Crippen molar-refractivity contribution in [2.75, 3.05) is 24.6 Å². The summed E-state index contributed by atoms with van der Waals surface area (Å²) >= 11 is 6.43. The lowest BCUT2D eigenvalue weighted by molar-refractivity contribution is -0.199. The summed E-state index contributed by atoms with van der Waals surface area (Å²) in [5.41, 5.74) is 4.34. The van der Waals surface area contributed by atoms with Crippen LogP contribution in [0.3, 0.4) is 0 Å². The number of aryl methyl sites for hydroxylation is 1. The van der Waals surface area contributed by atoms with Crippen LogP contribution in [-0.4, -0.2) is 68.4 Å². The Kier molecular flexibility index (Phi) is 4.76. The first-order chi connectivity index (χ1) is 16.9. The van der Waals surface area contributed by atoms with E-state index in [1.165, 1.54) is 24.0 Å². The van der Waals surface area contributed by atoms with Gasteiger partial charge in [-0.3, -0.25) is 4.57 Å². The van der Waals surface area contributed by atoms with Crippen LogP contribution in [0.25, 0.3) is 11.2 Å². The van der Waals surface area contributed by atoms with Crippen LogP contribution in [0.5, 0.6) is 0 Å². The third-order valence-corrected chi connectivity index (χ3v) is 8.10. The number of fused-ring (bicyclic) bond motifs is 4. The zero-order chi connectivity index (χ0) is 23.9. The molecule has 1 spiro atoms. The van der Waals surface area contributed by atoms with Crippen molar-refractivity contribution in [3.63, 3.8) is 0 Å². The maximum atomic E-state index is 9.86. The second-order valence-corrected chi connectivity index (χ2v) is 10.9. The third kappa shape index (κ3) is 3.25. The van der Waals surface area contributed by atoms with Crippen LogP contribution in [0.4, 0.5) is 5.82 Å². The number of ether oxygens (including phenoxy) is 3. The van der Waals surface area contributed by atoms with Gasteiger partial charge in [-0.05, 0) is 55.8 Å². The van der Waals surface area contributed by atoms with Crippen molar-refractivity contribution in [1.82, 2.24) is 19.5 Å². The minimum Gasteiger partial charge on any atom is -0.394 e. The maximum Gasteiger partial charge on any atom is 0.226 e. The van der Waals surface area contributed by atoms with Crippen LogP contribution in [0.15, 0.2) is 30.6 Å². The van der Waals surface area contributed by atoms with E-state index in [-0.39, 0.29) is 23.4 Å². The molecule has 4 atom stereocenters. The van der Waals surface area contributed by atoms with Crippen molar-refractivity contribution >= 4 is 28.6 Å². The second-order valence-electron chi connectivity index (χ2n) is 10.6. The van der Waals surface area contributed by atoms with Gasteiger partial charge in [0.15, 0.2) is 29.0 Å². The molecular formula is C25H28ClN5O4. The molecule has 0 radical (unpaired) electrons. The van der Waals surface area contributed by atoms with Gasteiger partial charge in [0, 0.05) is 18.5 Å². The largest absolute Gasteiger partial charge is 0.394 e. The summed E-state index contributed by atoms with van der Waals surface area (Å²) in [6.07, 6.45) is 3.39. The molecule has 1 aliphatic carbocycles. The molecule has 9 nitrogen and oxygen atoms in total. The summed E-state index contributed by atoms with van der Waals surface area (Å²) in [5, 5.41) is 10.0. The summed E-state index contributed by atoms with van der Waals surface area (Å²) in [6, 6.07) is 8.80. The van der Waals surface area contributed by atoms with Crippen LogP contribution in [-0.2, 0) is 26.0 Å². The molecule has 7 rings (SSSR count). The predicted molar refractivity (Wildman–Crippen MR) is 128 cm³/mol. The highest BCUT2D eigenvalue weighted by Gasteiger charge is 2.56. The Labute approximate surface area is 208 Å². The summed E-state index contributed by atoms with van der Waals surface area (Å²) in [5.74, 6) is -0.0223. The van der Waals surface area contributed by atoms with Crippen molar-refractivity contribution in [2.45, 2.75) is 68.9 Å². The number of aliphatic hydroxyl groups excluding tert-OH is 1. The number of halogens is 1. The smallest absolute Gasteiger partial charge is 0.226 e. The van der Waals surface area contributed by atoms with Gasteiger partial charge in [0.2, 0.25) is 5.28 Å². The van der Waals surface area contributed by atoms with Crippen LogP contribution < -0.4 is 4.90 Å². The molecule has 3 aromatic rings. The van der Waals surface area contributed by atoms with Gasteiger partial charge in [0.05, 0.1) is 12.9 Å². The fourth-order valence-corrected chi connectivity index (χ4v) is 6.64. The van der Waals surface area contributed by atoms with E-state index in [9.17, 15) is 5.11 Å². The minimum absolute atomic E-state index is 0.151. The molecule has 35 heavy (non-hydrogen) atoms. The van der Waals surface area contributed by atoms with Gasteiger partial charge >= 0.3 is 0 Å². The molecule has 1 unspecified atom stereocenters. The predicted octanol–water partition coefficient (Wildman–Crippen LogP) is 2.98. The first-order valence-corrected chi connectivity index (χ1v) is 12.6. The highest BCUT2D eigenvalue weighted by Crippen LogP contribution is 2.47. The number of anilines is 1. The monoisotopic (exact) mass is 497 g/mol. The topological polar surface area (TPSA) is 94.8 Å². The minimum atomic E-state index is -0.763. The van der Waals surface area contributed by atoms with Gasteiger partial charge in [-0.15, -0.1) is 0 Å². The van der Waals surface area contributed by atoms with Crippen LogP contribution >= 0.6 is 11.6 Å². The van der Waals surface area contributed by atoms with Gasteiger partial charge in [-0.25, -0.2) is 4.98 Å². The number of rotatable bonds is 3. The Hall–Kier alpha value is -2.30. The lowest BCUT2D eigenvalue weighted by atomic mass is 9.65. The molecule has 3 aliphatic heterocycles. The normalized spacial score (nSPS) is 30.5. The van der Waals surface area contributed by atoms with Crippen molar-refractivity contribution in [1.29, 1.82) is 0 Å². The molecule has 3 saturated heterocycles. The molecule has 5 heterocycles. The molecule has 10 heteroatoms. The van der Waals surface area contributed by atoms with Crippen LogP contribution in [0.2, 0.25) is 5.28 Å². The van der Waals surface area contributed by atoms with E-state index in [1.807, 2.05) is 18.4 Å². The third-order valence-electron chi connectivity index (χ3n) is 7.93. The number of hydrogen-bond donors (Lipinski definition) is 1. The van der Waals surface area contributed by atoms with Crippen LogP contribution in [0, 0.1) is 0 Å². The SMILES string of the molecule is CC1(C)OC2[C@@H](CO)O[C@@H](n3cnc4c(N5CC6(CCCc7ccccc76)C5)nc(Cl)nc43)[C@H]2O1. The van der Waals surface area contributed by atoms with E-state index < -0.39 is 24.2 Å². The molecule has 0 bridgehead atoms. The van der Waals surface area contributed by atoms with E-state index in [4.69, 9.17) is 25.8 Å². The average molecular weight is 498 g/mol. The van der Waals surface area contributed by atoms with Crippen molar-refractivity contribution < 1.29 is 19.3 Å². The summed E-state index contributed by atoms with van der Waals surface area (Å²) in [4.78, 5) is 16.0. The summed E-state index contributed by atoms with van der Waals surface area (Å²) < 4.78 is 20.1. The fourth-order valence-electron chi connectivity index (χ4n) is 6.48. The van der Waals surface area contributed by atoms with Crippen LogP contribution in [0.1, 0.15) is 44.0 Å². The zero-order valence-corrected chi connectivity index (χ0v) is 20.5. The summed E-state index contributed by atoms with van der Waals surface area (Å²) in [7, 11) is 0. The number of nitrogens with zero attached hydrogens (tertiary/aromatic N) is 5. The van der Waals surface area contributed by atoms with Gasteiger partial charge in [0.1, 0.15) is 18.3 Å². The molecule has 0 amide bonds. The first-order valence-electron chi connectivity index (χ1n) is 12.2. The molecule has 3 fully saturated rings. The van der Waals surface area contributed by atoms with Gasteiger partial charge in [-0.2, -0.15) is 9.97 Å². The fraction of sp³-hybridized carbons (Fsp3) is 0.560. The Balaban J connectivity index is 1.23. The number of benzene rings is 1. The van der Waals surface area contributed by atoms with Gasteiger partial charge in [-0.1, -0.05) is 24.3 Å². The molecular weight excluding hydrogens is 470 g/mol. The first kappa shape index (κ1) is 21.9. The number of imidazole rings is 1. The van der Waals surface area contributed by atoms with Gasteiger partial charge < -0.3 is 24.2 Å². The van der Waals surface area contributed by atoms with Crippen molar-refractivity contribution in [2.24, 2.45) is 0 Å². The Morgan fingerprint density at radius 2 is 1.94 bits per heavy atom. The summed E-state index contributed by atoms with van der Waals surface area (Å²) in [6.45, 7) is 5.32. The van der Waals surface area contributed by atoms with E-state index in [0.29, 0.717) is 11.2 Å². The Morgan fingerprint density at radius 1 is 1.14 bits per heavy atom. The van der Waals surface area contributed by atoms with Gasteiger partial charge in [0.25, 0.3) is 0 Å². The molecule has 1 N–H and O–H groups in total. The molecule has 184 valence electrons.